The average molecular weight is 776 g/mol. The van der Waals surface area contributed by atoms with Crippen LogP contribution in [0.5, 0.6) is 0 Å². The molecule has 0 saturated carbocycles. The Hall–Kier alpha value is -3.56. The Labute approximate surface area is 310 Å². The molecule has 0 aliphatic heterocycles. The third-order valence-electron chi connectivity index (χ3n) is 7.24. The first-order valence-corrected chi connectivity index (χ1v) is 19.3. The second-order valence-corrected chi connectivity index (χ2v) is 13.6. The number of carboxylic acids is 1. The summed E-state index contributed by atoms with van der Waals surface area (Å²) in [5.41, 5.74) is 6.30. The summed E-state index contributed by atoms with van der Waals surface area (Å²) in [4.78, 5) is 89.1. The van der Waals surface area contributed by atoms with Gasteiger partial charge < -0.3 is 53.0 Å². The predicted molar refractivity (Wildman–Crippen MR) is 197 cm³/mol. The van der Waals surface area contributed by atoms with Gasteiger partial charge in [-0.3, -0.25) is 28.8 Å². The van der Waals surface area contributed by atoms with Crippen LogP contribution >= 0.6 is 36.2 Å². The van der Waals surface area contributed by atoms with Gasteiger partial charge in [0.2, 0.25) is 35.4 Å². The number of benzene rings is 1. The molecule has 17 nitrogen and oxygen atoms in total. The number of aliphatic hydroxyl groups is 2. The molecule has 0 radical (unpaired) electrons. The molecule has 0 aromatic heterocycles. The molecule has 6 amide bonds. The van der Waals surface area contributed by atoms with Gasteiger partial charge in [0.05, 0.1) is 19.3 Å². The molecule has 0 bridgehead atoms. The summed E-state index contributed by atoms with van der Waals surface area (Å²) in [6, 6.07) is 1.07. The third-order valence-corrected chi connectivity index (χ3v) is 8.89. The molecule has 7 atom stereocenters. The maximum absolute atomic E-state index is 13.3. The van der Waals surface area contributed by atoms with Crippen LogP contribution in [0.15, 0.2) is 30.3 Å². The molecule has 0 saturated heterocycles. The van der Waals surface area contributed by atoms with Crippen molar-refractivity contribution in [1.82, 2.24) is 31.9 Å². The van der Waals surface area contributed by atoms with Crippen molar-refractivity contribution in [3.8, 4) is 0 Å². The van der Waals surface area contributed by atoms with E-state index < -0.39 is 96.9 Å². The van der Waals surface area contributed by atoms with E-state index >= 15 is 0 Å². The lowest BCUT2D eigenvalue weighted by Gasteiger charge is -2.25. The first-order valence-electron chi connectivity index (χ1n) is 15.9. The molecule has 286 valence electrons. The smallest absolute Gasteiger partial charge is 0.326 e. The summed E-state index contributed by atoms with van der Waals surface area (Å²) >= 11 is 6.95. The number of thiol groups is 1. The van der Waals surface area contributed by atoms with Crippen LogP contribution in [0.2, 0.25) is 0 Å². The Morgan fingerprint density at radius 3 is 1.82 bits per heavy atom. The SMILES string of the molecule is CSCC[C@H](NC(=O)[C@@H](NC(=O)CNC(=O)[C@H](CCSC)NC(=O)[C@H](CS)NC(=O)[C@H](Cc1ccccc1)NC(=O)[C@@H](N)CO)[C@@H](C)O)C(=O)O. The number of carbonyl (C=O) groups excluding carboxylic acids is 6. The van der Waals surface area contributed by atoms with E-state index in [4.69, 9.17) is 5.73 Å². The number of nitrogens with one attached hydrogen (secondary N) is 6. The zero-order chi connectivity index (χ0) is 38.5. The fourth-order valence-corrected chi connectivity index (χ4v) is 5.54. The summed E-state index contributed by atoms with van der Waals surface area (Å²) < 4.78 is 0. The number of amides is 6. The molecular weight excluding hydrogens is 727 g/mol. The monoisotopic (exact) mass is 775 g/mol. The van der Waals surface area contributed by atoms with Crippen LogP contribution in [0.4, 0.5) is 0 Å². The molecule has 0 aliphatic rings. The summed E-state index contributed by atoms with van der Waals surface area (Å²) in [6.45, 7) is -0.0802. The molecule has 11 N–H and O–H groups in total. The second kappa shape index (κ2) is 24.6. The fraction of sp³-hybridized carbons (Fsp3) is 0.581. The van der Waals surface area contributed by atoms with Crippen molar-refractivity contribution in [1.29, 1.82) is 0 Å². The maximum atomic E-state index is 13.3. The van der Waals surface area contributed by atoms with Crippen LogP contribution in [0, 0.1) is 0 Å². The Morgan fingerprint density at radius 1 is 0.765 bits per heavy atom. The van der Waals surface area contributed by atoms with Crippen LogP contribution < -0.4 is 37.6 Å². The van der Waals surface area contributed by atoms with E-state index in [1.54, 1.807) is 42.8 Å². The number of hydrogen-bond donors (Lipinski definition) is 11. The maximum Gasteiger partial charge on any atom is 0.326 e. The Balaban J connectivity index is 2.96. The zero-order valence-electron chi connectivity index (χ0n) is 28.6. The highest BCUT2D eigenvalue weighted by Crippen LogP contribution is 2.07. The quantitative estimate of drug-likeness (QED) is 0.0468. The van der Waals surface area contributed by atoms with Crippen molar-refractivity contribution >= 4 is 77.6 Å². The van der Waals surface area contributed by atoms with Crippen LogP contribution in [-0.2, 0) is 40.0 Å². The van der Waals surface area contributed by atoms with E-state index in [0.717, 1.165) is 0 Å². The van der Waals surface area contributed by atoms with Crippen molar-refractivity contribution in [2.24, 2.45) is 5.73 Å². The Morgan fingerprint density at radius 2 is 1.29 bits per heavy atom. The number of thioether (sulfide) groups is 2. The lowest BCUT2D eigenvalue weighted by Crippen LogP contribution is -2.59. The first kappa shape index (κ1) is 45.5. The van der Waals surface area contributed by atoms with E-state index in [0.29, 0.717) is 17.1 Å². The molecule has 0 aliphatic carbocycles. The number of aliphatic hydroxyl groups excluding tert-OH is 2. The minimum atomic E-state index is -1.52. The number of rotatable bonds is 24. The predicted octanol–water partition coefficient (Wildman–Crippen LogP) is -3.01. The van der Waals surface area contributed by atoms with Gasteiger partial charge in [0, 0.05) is 12.2 Å². The molecule has 51 heavy (non-hydrogen) atoms. The highest BCUT2D eigenvalue weighted by molar-refractivity contribution is 7.98. The number of carboxylic acid groups (broad SMARTS) is 1. The lowest BCUT2D eigenvalue weighted by atomic mass is 10.0. The van der Waals surface area contributed by atoms with Gasteiger partial charge in [-0.15, -0.1) is 0 Å². The van der Waals surface area contributed by atoms with Crippen molar-refractivity contribution in [2.45, 2.75) is 68.5 Å². The van der Waals surface area contributed by atoms with Crippen molar-refractivity contribution in [2.75, 3.05) is 42.9 Å². The van der Waals surface area contributed by atoms with Gasteiger partial charge in [-0.05, 0) is 49.3 Å². The summed E-state index contributed by atoms with van der Waals surface area (Å²) in [7, 11) is 0. The van der Waals surface area contributed by atoms with E-state index in [1.165, 1.54) is 30.4 Å². The summed E-state index contributed by atoms with van der Waals surface area (Å²) in [6.07, 6.45) is 2.42. The molecule has 1 rings (SSSR count). The molecular formula is C31H49N7O10S3. The van der Waals surface area contributed by atoms with Gasteiger partial charge >= 0.3 is 5.97 Å². The number of carbonyl (C=O) groups is 7. The van der Waals surface area contributed by atoms with Gasteiger partial charge in [-0.25, -0.2) is 4.79 Å². The molecule has 0 fully saturated rings. The normalized spacial score (nSPS) is 15.0. The van der Waals surface area contributed by atoms with Gasteiger partial charge in [-0.2, -0.15) is 36.2 Å². The molecule has 1 aromatic rings. The highest BCUT2D eigenvalue weighted by atomic mass is 32.2. The summed E-state index contributed by atoms with van der Waals surface area (Å²) in [5, 5.41) is 43.3. The minimum absolute atomic E-state index is 0.0357. The number of hydrogen-bond acceptors (Lipinski definition) is 13. The topological polar surface area (TPSA) is 278 Å². The molecule has 0 heterocycles. The lowest BCUT2D eigenvalue weighted by molar-refractivity contribution is -0.143. The van der Waals surface area contributed by atoms with Gasteiger partial charge in [0.15, 0.2) is 0 Å². The fourth-order valence-electron chi connectivity index (χ4n) is 4.34. The first-order chi connectivity index (χ1) is 24.2. The highest BCUT2D eigenvalue weighted by Gasteiger charge is 2.32. The average Bonchev–Trinajstić information content (AvgIpc) is 3.10. The number of aliphatic carboxylic acids is 1. The van der Waals surface area contributed by atoms with E-state index in [9.17, 15) is 48.9 Å². The van der Waals surface area contributed by atoms with E-state index in [-0.39, 0.29) is 25.0 Å². The second-order valence-electron chi connectivity index (χ2n) is 11.3. The van der Waals surface area contributed by atoms with Gasteiger partial charge in [0.25, 0.3) is 0 Å². The van der Waals surface area contributed by atoms with Crippen LogP contribution in [0.3, 0.4) is 0 Å². The zero-order valence-corrected chi connectivity index (χ0v) is 31.2. The number of nitrogens with two attached hydrogens (primary N) is 1. The Bertz CT molecular complexity index is 1310. The molecule has 1 aromatic carbocycles. The van der Waals surface area contributed by atoms with Crippen LogP contribution in [0.25, 0.3) is 0 Å². The standard InChI is InChI=1S/C31H49N7O10S3/c1-17(40)25(30(46)35-21(31(47)48)10-12-51-3)38-24(41)14-33-27(43)20(9-11-50-2)34-29(45)23(16-49)37-28(44)22(36-26(42)19(32)15-39)13-18-7-5-4-6-8-18/h4-8,17,19-23,25,39-40,49H,9-16,32H2,1-3H3,(H,33,43)(H,34,45)(H,35,46)(H,36,42)(H,37,44)(H,38,41)(H,47,48)/t17-,19+,20+,21+,22+,23+,25+/m1/s1. The van der Waals surface area contributed by atoms with Crippen LogP contribution in [0.1, 0.15) is 25.3 Å². The Kier molecular flexibility index (Phi) is 21.9. The van der Waals surface area contributed by atoms with Crippen LogP contribution in [-0.4, -0.2) is 142 Å². The van der Waals surface area contributed by atoms with Crippen molar-refractivity contribution in [3.63, 3.8) is 0 Å². The summed E-state index contributed by atoms with van der Waals surface area (Å²) in [5.74, 6) is -5.47. The largest absolute Gasteiger partial charge is 0.480 e. The van der Waals surface area contributed by atoms with E-state index in [1.807, 2.05) is 0 Å². The van der Waals surface area contributed by atoms with Crippen molar-refractivity contribution < 1.29 is 48.9 Å². The minimum Gasteiger partial charge on any atom is -0.480 e. The third kappa shape index (κ3) is 17.0. The molecule has 0 spiro atoms. The molecule has 0 unspecified atom stereocenters. The van der Waals surface area contributed by atoms with Crippen molar-refractivity contribution in [3.05, 3.63) is 35.9 Å². The molecule has 20 heteroatoms. The van der Waals surface area contributed by atoms with Gasteiger partial charge in [0.1, 0.15) is 36.3 Å². The van der Waals surface area contributed by atoms with E-state index in [2.05, 4.69) is 44.5 Å². The van der Waals surface area contributed by atoms with Gasteiger partial charge in [-0.1, -0.05) is 30.3 Å².